The molecule has 2 heterocycles. The van der Waals surface area contributed by atoms with Crippen LogP contribution in [0.3, 0.4) is 0 Å². The van der Waals surface area contributed by atoms with Crippen molar-refractivity contribution in [3.8, 4) is 11.5 Å². The molecule has 2 aromatic carbocycles. The predicted octanol–water partition coefficient (Wildman–Crippen LogP) is 5.05. The van der Waals surface area contributed by atoms with Crippen LogP contribution < -0.4 is 14.8 Å². The van der Waals surface area contributed by atoms with Crippen molar-refractivity contribution in [2.24, 2.45) is 0 Å². The quantitative estimate of drug-likeness (QED) is 0.479. The highest BCUT2D eigenvalue weighted by molar-refractivity contribution is 6.30. The lowest BCUT2D eigenvalue weighted by Crippen LogP contribution is -2.25. The van der Waals surface area contributed by atoms with Gasteiger partial charge in [-0.25, -0.2) is 4.79 Å². The third-order valence-corrected chi connectivity index (χ3v) is 5.44. The molecular formula is C23H24ClF3N2O4. The Hall–Kier alpha value is -2.91. The summed E-state index contributed by atoms with van der Waals surface area (Å²) in [6, 6.07) is 13.9. The summed E-state index contributed by atoms with van der Waals surface area (Å²) in [6.07, 6.45) is -3.07. The summed E-state index contributed by atoms with van der Waals surface area (Å²) in [7, 11) is 1.72. The smallest absolute Gasteiger partial charge is 0.490 e. The third-order valence-electron chi connectivity index (χ3n) is 5.19. The van der Waals surface area contributed by atoms with E-state index in [1.807, 2.05) is 24.3 Å². The summed E-state index contributed by atoms with van der Waals surface area (Å²) in [6.45, 7) is 3.56. The number of halogens is 4. The van der Waals surface area contributed by atoms with Gasteiger partial charge in [0.1, 0.15) is 11.5 Å². The number of nitrogens with zero attached hydrogens (tertiary/aromatic N) is 1. The molecule has 0 saturated carbocycles. The minimum Gasteiger partial charge on any atom is -0.497 e. The Morgan fingerprint density at radius 3 is 2.48 bits per heavy atom. The highest BCUT2D eigenvalue weighted by atomic mass is 35.5. The summed E-state index contributed by atoms with van der Waals surface area (Å²) in [5, 5.41) is 12.7. The molecule has 0 unspecified atom stereocenters. The number of hydrogen-bond donors (Lipinski definition) is 2. The standard InChI is InChI=1S/C21H23ClN2O2.C2HF3O2/c1-25-17-7-8-18-19-9-10-23-14-21(19)24(20(18)13-17)11-2-12-26-16-5-3-15(22)4-6-16;3-2(4,5)1(6)7/h3-8,13,23H,2,9-12,14H2,1H3;(H,6,7). The maximum atomic E-state index is 10.6. The van der Waals surface area contributed by atoms with Crippen molar-refractivity contribution in [2.75, 3.05) is 20.3 Å². The van der Waals surface area contributed by atoms with Gasteiger partial charge >= 0.3 is 12.1 Å². The number of carbonyl (C=O) groups is 1. The molecule has 10 heteroatoms. The number of benzene rings is 2. The van der Waals surface area contributed by atoms with Gasteiger partial charge in [0.05, 0.1) is 19.2 Å². The van der Waals surface area contributed by atoms with Gasteiger partial charge in [-0.2, -0.15) is 13.2 Å². The topological polar surface area (TPSA) is 72.7 Å². The zero-order valence-electron chi connectivity index (χ0n) is 17.9. The number of aromatic nitrogens is 1. The molecule has 0 saturated heterocycles. The fourth-order valence-electron chi connectivity index (χ4n) is 3.68. The average molecular weight is 485 g/mol. The van der Waals surface area contributed by atoms with E-state index in [9.17, 15) is 13.2 Å². The van der Waals surface area contributed by atoms with E-state index in [4.69, 9.17) is 31.0 Å². The first-order chi connectivity index (χ1) is 15.7. The maximum absolute atomic E-state index is 10.6. The van der Waals surface area contributed by atoms with E-state index in [0.717, 1.165) is 49.0 Å². The summed E-state index contributed by atoms with van der Waals surface area (Å²) >= 11 is 5.91. The number of hydrogen-bond acceptors (Lipinski definition) is 4. The fraction of sp³-hybridized carbons (Fsp3) is 0.348. The molecule has 1 aromatic heterocycles. The number of carboxylic acid groups (broad SMARTS) is 1. The number of aryl methyl sites for hydroxylation is 1. The Balaban J connectivity index is 0.000000383. The van der Waals surface area contributed by atoms with Crippen LogP contribution in [0.25, 0.3) is 10.9 Å². The van der Waals surface area contributed by atoms with Gasteiger partial charge in [0.2, 0.25) is 0 Å². The predicted molar refractivity (Wildman–Crippen MR) is 119 cm³/mol. The molecule has 6 nitrogen and oxygen atoms in total. The lowest BCUT2D eigenvalue weighted by atomic mass is 10.0. The fourth-order valence-corrected chi connectivity index (χ4v) is 3.81. The number of nitrogens with one attached hydrogen (secondary N) is 1. The van der Waals surface area contributed by atoms with Crippen molar-refractivity contribution in [3.05, 3.63) is 58.7 Å². The number of carboxylic acids is 1. The van der Waals surface area contributed by atoms with Crippen LogP contribution in [0.4, 0.5) is 13.2 Å². The highest BCUT2D eigenvalue weighted by Gasteiger charge is 2.38. The number of aliphatic carboxylic acids is 1. The van der Waals surface area contributed by atoms with Crippen LogP contribution in [0, 0.1) is 0 Å². The van der Waals surface area contributed by atoms with Gasteiger partial charge in [-0.1, -0.05) is 11.6 Å². The van der Waals surface area contributed by atoms with E-state index in [1.165, 1.54) is 22.2 Å². The van der Waals surface area contributed by atoms with Crippen molar-refractivity contribution in [1.29, 1.82) is 0 Å². The highest BCUT2D eigenvalue weighted by Crippen LogP contribution is 2.31. The van der Waals surface area contributed by atoms with Crippen LogP contribution in [0.5, 0.6) is 11.5 Å². The van der Waals surface area contributed by atoms with Gasteiger partial charge in [-0.3, -0.25) is 0 Å². The molecule has 178 valence electrons. The largest absolute Gasteiger partial charge is 0.497 e. The molecule has 0 spiro atoms. The molecule has 3 aromatic rings. The molecule has 1 aliphatic heterocycles. The van der Waals surface area contributed by atoms with Crippen LogP contribution in [0.15, 0.2) is 42.5 Å². The third kappa shape index (κ3) is 6.33. The van der Waals surface area contributed by atoms with Crippen LogP contribution >= 0.6 is 11.6 Å². The number of alkyl halides is 3. The SMILES string of the molecule is COc1ccc2c3c(n(CCCOc4ccc(Cl)cc4)c2c1)CNCC3.O=C(O)C(F)(F)F. The van der Waals surface area contributed by atoms with Gasteiger partial charge in [0, 0.05) is 35.3 Å². The molecule has 0 atom stereocenters. The van der Waals surface area contributed by atoms with Gasteiger partial charge in [-0.05, 0) is 61.3 Å². The minimum atomic E-state index is -5.08. The first-order valence-electron chi connectivity index (χ1n) is 10.3. The molecule has 0 bridgehead atoms. The number of methoxy groups -OCH3 is 1. The zero-order valence-corrected chi connectivity index (χ0v) is 18.7. The van der Waals surface area contributed by atoms with Gasteiger partial charge < -0.3 is 24.5 Å². The lowest BCUT2D eigenvalue weighted by Gasteiger charge is -2.17. The van der Waals surface area contributed by atoms with E-state index in [1.54, 1.807) is 7.11 Å². The number of ether oxygens (including phenoxy) is 2. The van der Waals surface area contributed by atoms with Crippen molar-refractivity contribution in [1.82, 2.24) is 9.88 Å². The molecule has 0 aliphatic carbocycles. The van der Waals surface area contributed by atoms with E-state index in [0.29, 0.717) is 6.61 Å². The second-order valence-corrected chi connectivity index (χ2v) is 7.78. The van der Waals surface area contributed by atoms with E-state index >= 15 is 0 Å². The minimum absolute atomic E-state index is 0.674. The first-order valence-corrected chi connectivity index (χ1v) is 10.7. The van der Waals surface area contributed by atoms with Crippen molar-refractivity contribution < 1.29 is 32.5 Å². The van der Waals surface area contributed by atoms with Crippen LogP contribution in [-0.2, 0) is 24.3 Å². The normalized spacial score (nSPS) is 13.1. The molecule has 0 radical (unpaired) electrons. The summed E-state index contributed by atoms with van der Waals surface area (Å²) in [5.41, 5.74) is 4.12. The van der Waals surface area contributed by atoms with E-state index in [-0.39, 0.29) is 0 Å². The molecule has 4 rings (SSSR count). The Bertz CT molecular complexity index is 1100. The van der Waals surface area contributed by atoms with E-state index in [2.05, 4.69) is 28.1 Å². The Kier molecular flexibility index (Phi) is 8.10. The molecule has 0 fully saturated rings. The Morgan fingerprint density at radius 1 is 1.18 bits per heavy atom. The second-order valence-electron chi connectivity index (χ2n) is 7.35. The molecule has 0 amide bonds. The van der Waals surface area contributed by atoms with Gasteiger partial charge in [-0.15, -0.1) is 0 Å². The van der Waals surface area contributed by atoms with Crippen molar-refractivity contribution >= 4 is 28.5 Å². The van der Waals surface area contributed by atoms with Crippen LogP contribution in [0.2, 0.25) is 5.02 Å². The number of rotatable bonds is 6. The summed E-state index contributed by atoms with van der Waals surface area (Å²) in [4.78, 5) is 8.90. The van der Waals surface area contributed by atoms with Crippen molar-refractivity contribution in [3.63, 3.8) is 0 Å². The van der Waals surface area contributed by atoms with E-state index < -0.39 is 12.1 Å². The lowest BCUT2D eigenvalue weighted by molar-refractivity contribution is -0.192. The van der Waals surface area contributed by atoms with Crippen LogP contribution in [0.1, 0.15) is 17.7 Å². The summed E-state index contributed by atoms with van der Waals surface area (Å²) < 4.78 is 45.4. The van der Waals surface area contributed by atoms with Gasteiger partial charge in [0.25, 0.3) is 0 Å². The molecule has 2 N–H and O–H groups in total. The Labute approximate surface area is 193 Å². The van der Waals surface area contributed by atoms with Gasteiger partial charge in [0.15, 0.2) is 0 Å². The Morgan fingerprint density at radius 2 is 1.85 bits per heavy atom. The average Bonchev–Trinajstić information content (AvgIpc) is 3.10. The number of fused-ring (bicyclic) bond motifs is 3. The first kappa shape index (κ1) is 24.7. The molecular weight excluding hydrogens is 461 g/mol. The molecule has 33 heavy (non-hydrogen) atoms. The molecule has 1 aliphatic rings. The summed E-state index contributed by atoms with van der Waals surface area (Å²) in [5.74, 6) is -0.997. The zero-order chi connectivity index (χ0) is 24.0. The van der Waals surface area contributed by atoms with Crippen molar-refractivity contribution in [2.45, 2.75) is 32.1 Å². The maximum Gasteiger partial charge on any atom is 0.490 e. The van der Waals surface area contributed by atoms with Crippen LogP contribution in [-0.4, -0.2) is 42.1 Å². The monoisotopic (exact) mass is 484 g/mol. The second kappa shape index (κ2) is 10.8.